The minimum Gasteiger partial charge on any atom is -0.341 e. The fourth-order valence-corrected chi connectivity index (χ4v) is 2.54. The maximum absolute atomic E-state index is 12.1. The van der Waals surface area contributed by atoms with Crippen molar-refractivity contribution in [1.29, 1.82) is 0 Å². The molecule has 1 aliphatic heterocycles. The minimum atomic E-state index is 0.0584. The minimum absolute atomic E-state index is 0.0584. The van der Waals surface area contributed by atoms with Gasteiger partial charge in [-0.25, -0.2) is 0 Å². The first-order valence-corrected chi connectivity index (χ1v) is 7.58. The molecule has 0 spiro atoms. The topological polar surface area (TPSA) is 32.3 Å². The molecular weight excluding hydrogens is 220 g/mol. The van der Waals surface area contributed by atoms with Gasteiger partial charge >= 0.3 is 0 Å². The number of rotatable bonds is 6. The van der Waals surface area contributed by atoms with Crippen molar-refractivity contribution in [3.8, 4) is 0 Å². The van der Waals surface area contributed by atoms with Crippen LogP contribution < -0.4 is 5.32 Å². The smallest absolute Gasteiger partial charge is 0.239 e. The summed E-state index contributed by atoms with van der Waals surface area (Å²) in [4.78, 5) is 14.1. The molecule has 1 saturated heterocycles. The molecule has 3 nitrogen and oxygen atoms in total. The Labute approximate surface area is 103 Å². The van der Waals surface area contributed by atoms with E-state index in [1.54, 1.807) is 0 Å². The third kappa shape index (κ3) is 4.34. The molecule has 1 heterocycles. The van der Waals surface area contributed by atoms with E-state index in [1.165, 1.54) is 0 Å². The van der Waals surface area contributed by atoms with Crippen LogP contribution in [0.1, 0.15) is 33.1 Å². The van der Waals surface area contributed by atoms with Crippen LogP contribution in [0.2, 0.25) is 0 Å². The zero-order valence-electron chi connectivity index (χ0n) is 10.7. The van der Waals surface area contributed by atoms with Crippen LogP contribution in [0.3, 0.4) is 0 Å². The van der Waals surface area contributed by atoms with Crippen molar-refractivity contribution in [2.45, 2.75) is 45.2 Å². The summed E-state index contributed by atoms with van der Waals surface area (Å²) in [5, 5.41) is 3.36. The number of nitrogens with zero attached hydrogens (tertiary/aromatic N) is 1. The van der Waals surface area contributed by atoms with Gasteiger partial charge in [0.1, 0.15) is 0 Å². The lowest BCUT2D eigenvalue weighted by molar-refractivity contribution is -0.136. The summed E-state index contributed by atoms with van der Waals surface area (Å²) in [7, 11) is 0. The predicted octanol–water partition coefficient (Wildman–Crippen LogP) is 1.73. The normalized spacial score (nSPS) is 21.9. The highest BCUT2D eigenvalue weighted by atomic mass is 32.2. The Morgan fingerprint density at radius 2 is 2.31 bits per heavy atom. The number of likely N-dealkylation sites (tertiary alicyclic amines) is 1. The first-order chi connectivity index (χ1) is 7.65. The third-order valence-corrected chi connectivity index (χ3v) is 3.54. The van der Waals surface area contributed by atoms with Crippen molar-refractivity contribution in [3.05, 3.63) is 0 Å². The summed E-state index contributed by atoms with van der Waals surface area (Å²) in [5.74, 6) is 1.45. The second kappa shape index (κ2) is 7.17. The van der Waals surface area contributed by atoms with E-state index in [2.05, 4.69) is 25.4 Å². The number of piperidine rings is 1. The van der Waals surface area contributed by atoms with Gasteiger partial charge in [0.15, 0.2) is 0 Å². The summed E-state index contributed by atoms with van der Waals surface area (Å²) in [6, 6.07) is 0.447. The summed E-state index contributed by atoms with van der Waals surface area (Å²) < 4.78 is 0. The van der Waals surface area contributed by atoms with E-state index >= 15 is 0 Å². The molecule has 1 unspecified atom stereocenters. The lowest BCUT2D eigenvalue weighted by atomic mass is 10.0. The Morgan fingerprint density at radius 1 is 1.56 bits per heavy atom. The van der Waals surface area contributed by atoms with Gasteiger partial charge < -0.3 is 10.2 Å². The Bertz CT molecular complexity index is 221. The van der Waals surface area contributed by atoms with Gasteiger partial charge in [0.25, 0.3) is 0 Å². The van der Waals surface area contributed by atoms with E-state index in [9.17, 15) is 4.79 Å². The molecule has 4 heteroatoms. The van der Waals surface area contributed by atoms with E-state index in [1.807, 2.05) is 16.7 Å². The predicted molar refractivity (Wildman–Crippen MR) is 70.9 cm³/mol. The summed E-state index contributed by atoms with van der Waals surface area (Å²) in [6.45, 7) is 6.07. The van der Waals surface area contributed by atoms with Crippen LogP contribution in [0.25, 0.3) is 0 Å². The largest absolute Gasteiger partial charge is 0.341 e. The average Bonchev–Trinajstić information content (AvgIpc) is 2.23. The quantitative estimate of drug-likeness (QED) is 0.722. The fourth-order valence-electron chi connectivity index (χ4n) is 2.12. The number of hydrogen-bond donors (Lipinski definition) is 1. The standard InChI is InChI=1S/C12H24N2OS/c1-10(2)13-11-6-4-7-14(12(11)15)8-5-9-16-3/h10-11,13H,4-9H2,1-3H3. The van der Waals surface area contributed by atoms with Crippen molar-refractivity contribution in [3.63, 3.8) is 0 Å². The van der Waals surface area contributed by atoms with Crippen LogP contribution in [0.5, 0.6) is 0 Å². The van der Waals surface area contributed by atoms with Crippen molar-refractivity contribution in [2.75, 3.05) is 25.1 Å². The number of carbonyl (C=O) groups is 1. The molecule has 16 heavy (non-hydrogen) atoms. The molecular formula is C12H24N2OS. The highest BCUT2D eigenvalue weighted by molar-refractivity contribution is 7.98. The molecule has 1 atom stereocenters. The fraction of sp³-hybridized carbons (Fsp3) is 0.917. The first-order valence-electron chi connectivity index (χ1n) is 6.19. The van der Waals surface area contributed by atoms with Gasteiger partial charge in [-0.15, -0.1) is 0 Å². The van der Waals surface area contributed by atoms with Gasteiger partial charge in [-0.3, -0.25) is 4.79 Å². The molecule has 0 aliphatic carbocycles. The van der Waals surface area contributed by atoms with Crippen molar-refractivity contribution < 1.29 is 4.79 Å². The van der Waals surface area contributed by atoms with Gasteiger partial charge in [-0.1, -0.05) is 13.8 Å². The average molecular weight is 244 g/mol. The molecule has 0 bridgehead atoms. The summed E-state index contributed by atoms with van der Waals surface area (Å²) >= 11 is 1.85. The number of nitrogens with one attached hydrogen (secondary N) is 1. The Balaban J connectivity index is 2.38. The second-order valence-corrected chi connectivity index (χ2v) is 5.67. The number of hydrogen-bond acceptors (Lipinski definition) is 3. The molecule has 94 valence electrons. The van der Waals surface area contributed by atoms with E-state index in [0.29, 0.717) is 11.9 Å². The van der Waals surface area contributed by atoms with Crippen molar-refractivity contribution >= 4 is 17.7 Å². The van der Waals surface area contributed by atoms with Crippen LogP contribution in [0.4, 0.5) is 0 Å². The summed E-state index contributed by atoms with van der Waals surface area (Å²) in [5.41, 5.74) is 0. The number of amides is 1. The Hall–Kier alpha value is -0.220. The van der Waals surface area contributed by atoms with Crippen LogP contribution >= 0.6 is 11.8 Å². The van der Waals surface area contributed by atoms with Crippen molar-refractivity contribution in [1.82, 2.24) is 10.2 Å². The number of thioether (sulfide) groups is 1. The van der Waals surface area contributed by atoms with E-state index in [-0.39, 0.29) is 6.04 Å². The van der Waals surface area contributed by atoms with Crippen LogP contribution in [-0.4, -0.2) is 48.0 Å². The number of carbonyl (C=O) groups excluding carboxylic acids is 1. The molecule has 0 aromatic heterocycles. The lowest BCUT2D eigenvalue weighted by Gasteiger charge is -2.33. The molecule has 0 aromatic rings. The summed E-state index contributed by atoms with van der Waals surface area (Å²) in [6.07, 6.45) is 5.36. The highest BCUT2D eigenvalue weighted by Gasteiger charge is 2.28. The third-order valence-electron chi connectivity index (χ3n) is 2.84. The second-order valence-electron chi connectivity index (χ2n) is 4.69. The molecule has 1 N–H and O–H groups in total. The molecule has 1 aliphatic rings. The molecule has 0 saturated carbocycles. The van der Waals surface area contributed by atoms with Crippen molar-refractivity contribution in [2.24, 2.45) is 0 Å². The SMILES string of the molecule is CSCCCN1CCCC(NC(C)C)C1=O. The van der Waals surface area contributed by atoms with Gasteiger partial charge in [0, 0.05) is 19.1 Å². The van der Waals surface area contributed by atoms with E-state index in [4.69, 9.17) is 0 Å². The maximum atomic E-state index is 12.1. The Kier molecular flexibility index (Phi) is 6.21. The monoisotopic (exact) mass is 244 g/mol. The Morgan fingerprint density at radius 3 is 2.94 bits per heavy atom. The maximum Gasteiger partial charge on any atom is 0.239 e. The zero-order valence-corrected chi connectivity index (χ0v) is 11.5. The highest BCUT2D eigenvalue weighted by Crippen LogP contribution is 2.13. The lowest BCUT2D eigenvalue weighted by Crippen LogP contribution is -2.52. The molecule has 1 fully saturated rings. The van der Waals surface area contributed by atoms with Gasteiger partial charge in [0.2, 0.25) is 5.91 Å². The van der Waals surface area contributed by atoms with Crippen LogP contribution in [0.15, 0.2) is 0 Å². The first kappa shape index (κ1) is 13.8. The molecule has 0 aromatic carbocycles. The van der Waals surface area contributed by atoms with Gasteiger partial charge in [0.05, 0.1) is 6.04 Å². The molecule has 1 amide bonds. The molecule has 1 rings (SSSR count). The van der Waals surface area contributed by atoms with E-state index in [0.717, 1.165) is 38.1 Å². The van der Waals surface area contributed by atoms with Gasteiger partial charge in [-0.2, -0.15) is 11.8 Å². The van der Waals surface area contributed by atoms with E-state index < -0.39 is 0 Å². The van der Waals surface area contributed by atoms with Crippen LogP contribution in [-0.2, 0) is 4.79 Å². The van der Waals surface area contributed by atoms with Gasteiger partial charge in [-0.05, 0) is 31.3 Å². The molecule has 0 radical (unpaired) electrons. The zero-order chi connectivity index (χ0) is 12.0. The van der Waals surface area contributed by atoms with Crippen LogP contribution in [0, 0.1) is 0 Å².